The van der Waals surface area contributed by atoms with Gasteiger partial charge >= 0.3 is 4.84 Å². The normalized spacial score (nSPS) is 10.1. The molecule has 2 rings (SSSR count). The van der Waals surface area contributed by atoms with Gasteiger partial charge in [-0.25, -0.2) is 5.16 Å². The Kier molecular flexibility index (Phi) is 3.61. The van der Waals surface area contributed by atoms with Gasteiger partial charge < -0.3 is 9.84 Å². The second-order valence-corrected chi connectivity index (χ2v) is 3.69. The lowest BCUT2D eigenvalue weighted by molar-refractivity contribution is -0.120. The van der Waals surface area contributed by atoms with Crippen LogP contribution in [0.4, 0.5) is 0 Å². The molecule has 0 bridgehead atoms. The van der Waals surface area contributed by atoms with E-state index in [4.69, 9.17) is 4.52 Å². The van der Waals surface area contributed by atoms with Gasteiger partial charge in [-0.05, 0) is 23.8 Å². The van der Waals surface area contributed by atoms with Gasteiger partial charge in [-0.15, -0.1) is 0 Å². The van der Waals surface area contributed by atoms with E-state index in [1.54, 1.807) is 12.4 Å². The third-order valence-corrected chi connectivity index (χ3v) is 2.20. The van der Waals surface area contributed by atoms with Crippen LogP contribution in [0.1, 0.15) is 11.4 Å². The lowest BCUT2D eigenvalue weighted by Gasteiger charge is -2.02. The maximum atomic E-state index is 11.5. The van der Waals surface area contributed by atoms with Crippen LogP contribution in [0.5, 0.6) is 0 Å². The minimum Gasteiger partial charge on any atom is -0.352 e. The monoisotopic (exact) mass is 250 g/mol. The minimum absolute atomic E-state index is 0.0973. The minimum atomic E-state index is -0.159. The number of aromatic nitrogens is 3. The molecular weight excluding hydrogens is 240 g/mol. The molecule has 0 saturated heterocycles. The summed E-state index contributed by atoms with van der Waals surface area (Å²) >= 11 is 4.68. The number of carbonyl (C=O) groups is 1. The zero-order valence-electron chi connectivity index (χ0n) is 8.84. The van der Waals surface area contributed by atoms with E-state index in [0.29, 0.717) is 12.4 Å². The molecule has 0 saturated carbocycles. The first kappa shape index (κ1) is 11.5. The van der Waals surface area contributed by atoms with E-state index in [1.165, 1.54) is 0 Å². The Labute approximate surface area is 102 Å². The Hall–Kier alpha value is -2.02. The molecular formula is C10H10N4O2S. The highest BCUT2D eigenvalue weighted by molar-refractivity contribution is 7.71. The molecule has 7 heteroatoms. The molecule has 2 heterocycles. The van der Waals surface area contributed by atoms with Crippen LogP contribution in [0.15, 0.2) is 29.0 Å². The van der Waals surface area contributed by atoms with Crippen LogP contribution in [-0.4, -0.2) is 21.0 Å². The molecule has 0 aliphatic rings. The zero-order valence-corrected chi connectivity index (χ0v) is 9.66. The first-order valence-corrected chi connectivity index (χ1v) is 5.35. The quantitative estimate of drug-likeness (QED) is 0.790. The van der Waals surface area contributed by atoms with Crippen molar-refractivity contribution in [2.24, 2.45) is 0 Å². The molecule has 0 aromatic carbocycles. The van der Waals surface area contributed by atoms with E-state index >= 15 is 0 Å². The van der Waals surface area contributed by atoms with E-state index in [1.807, 2.05) is 12.1 Å². The number of pyridine rings is 1. The summed E-state index contributed by atoms with van der Waals surface area (Å²) in [6, 6.07) is 3.70. The number of hydrogen-bond acceptors (Lipinski definition) is 5. The Morgan fingerprint density at radius 2 is 2.47 bits per heavy atom. The maximum absolute atomic E-state index is 11.5. The summed E-state index contributed by atoms with van der Waals surface area (Å²) in [4.78, 5) is 19.4. The molecule has 1 amide bonds. The summed E-state index contributed by atoms with van der Waals surface area (Å²) in [5, 5.41) is 5.21. The average molecular weight is 250 g/mol. The number of amides is 1. The first-order valence-electron chi connectivity index (χ1n) is 4.94. The van der Waals surface area contributed by atoms with Crippen LogP contribution in [0.3, 0.4) is 0 Å². The van der Waals surface area contributed by atoms with Crippen molar-refractivity contribution in [2.45, 2.75) is 13.0 Å². The van der Waals surface area contributed by atoms with Gasteiger partial charge in [0, 0.05) is 18.9 Å². The lowest BCUT2D eigenvalue weighted by atomic mass is 10.3. The van der Waals surface area contributed by atoms with Crippen molar-refractivity contribution >= 4 is 18.1 Å². The SMILES string of the molecule is O=C(Cc1nc(=S)o[nH]1)NCc1cccnc1. The van der Waals surface area contributed by atoms with E-state index in [2.05, 4.69) is 32.7 Å². The number of aromatic amines is 1. The molecule has 6 nitrogen and oxygen atoms in total. The molecule has 0 unspecified atom stereocenters. The molecule has 2 aromatic heterocycles. The van der Waals surface area contributed by atoms with Crippen LogP contribution in [-0.2, 0) is 17.8 Å². The molecule has 0 atom stereocenters. The van der Waals surface area contributed by atoms with Gasteiger partial charge in [-0.1, -0.05) is 6.07 Å². The molecule has 2 aromatic rings. The average Bonchev–Trinajstić information content (AvgIpc) is 2.73. The second kappa shape index (κ2) is 5.35. The molecule has 0 fully saturated rings. The molecule has 0 aliphatic carbocycles. The highest BCUT2D eigenvalue weighted by Crippen LogP contribution is 1.96. The van der Waals surface area contributed by atoms with Gasteiger partial charge in [0.1, 0.15) is 0 Å². The van der Waals surface area contributed by atoms with E-state index in [0.717, 1.165) is 5.56 Å². The summed E-state index contributed by atoms with van der Waals surface area (Å²) in [6.07, 6.45) is 3.49. The molecule has 17 heavy (non-hydrogen) atoms. The van der Waals surface area contributed by atoms with Gasteiger partial charge in [0.05, 0.1) is 6.42 Å². The molecule has 0 spiro atoms. The Morgan fingerprint density at radius 1 is 1.59 bits per heavy atom. The predicted octanol–water partition coefficient (Wildman–Crippen LogP) is 0.986. The Bertz CT molecular complexity index is 549. The predicted molar refractivity (Wildman–Crippen MR) is 61.5 cm³/mol. The summed E-state index contributed by atoms with van der Waals surface area (Å²) in [6.45, 7) is 0.436. The molecule has 0 radical (unpaired) electrons. The second-order valence-electron chi connectivity index (χ2n) is 3.34. The van der Waals surface area contributed by atoms with Crippen molar-refractivity contribution in [3.8, 4) is 0 Å². The summed E-state index contributed by atoms with van der Waals surface area (Å²) in [5.41, 5.74) is 0.939. The van der Waals surface area contributed by atoms with Crippen molar-refractivity contribution < 1.29 is 9.32 Å². The fourth-order valence-electron chi connectivity index (χ4n) is 1.25. The van der Waals surface area contributed by atoms with Gasteiger partial charge in [0.2, 0.25) is 5.91 Å². The van der Waals surface area contributed by atoms with Crippen molar-refractivity contribution in [3.05, 3.63) is 40.8 Å². The smallest absolute Gasteiger partial charge is 0.314 e. The number of carbonyl (C=O) groups excluding carboxylic acids is 1. The van der Waals surface area contributed by atoms with Gasteiger partial charge in [0.15, 0.2) is 5.82 Å². The first-order chi connectivity index (χ1) is 8.24. The summed E-state index contributed by atoms with van der Waals surface area (Å²) in [5.74, 6) is 0.257. The highest BCUT2D eigenvalue weighted by atomic mass is 32.1. The molecule has 88 valence electrons. The standard InChI is InChI=1S/C10H10N4O2S/c15-9(4-8-13-10(17)16-14-8)12-6-7-2-1-3-11-5-7/h1-3,5H,4,6H2,(H,12,15)(H,13,14,17). The van der Waals surface area contributed by atoms with Crippen LogP contribution < -0.4 is 5.32 Å². The topological polar surface area (TPSA) is 83.8 Å². The number of H-pyrrole nitrogens is 1. The largest absolute Gasteiger partial charge is 0.352 e. The molecule has 2 N–H and O–H groups in total. The van der Waals surface area contributed by atoms with Crippen molar-refractivity contribution in [3.63, 3.8) is 0 Å². The van der Waals surface area contributed by atoms with Crippen LogP contribution in [0, 0.1) is 4.84 Å². The van der Waals surface area contributed by atoms with E-state index in [9.17, 15) is 4.79 Å². The zero-order chi connectivity index (χ0) is 12.1. The van der Waals surface area contributed by atoms with E-state index in [-0.39, 0.29) is 17.2 Å². The lowest BCUT2D eigenvalue weighted by Crippen LogP contribution is -2.25. The van der Waals surface area contributed by atoms with Crippen molar-refractivity contribution in [1.29, 1.82) is 0 Å². The number of hydrogen-bond donors (Lipinski definition) is 2. The summed E-state index contributed by atoms with van der Waals surface area (Å²) < 4.78 is 4.72. The highest BCUT2D eigenvalue weighted by Gasteiger charge is 2.06. The summed E-state index contributed by atoms with van der Waals surface area (Å²) in [7, 11) is 0. The molecule has 0 aliphatic heterocycles. The van der Waals surface area contributed by atoms with Crippen LogP contribution in [0.2, 0.25) is 0 Å². The number of nitrogens with zero attached hydrogens (tertiary/aromatic N) is 2. The van der Waals surface area contributed by atoms with E-state index < -0.39 is 0 Å². The maximum Gasteiger partial charge on any atom is 0.314 e. The van der Waals surface area contributed by atoms with Crippen LogP contribution >= 0.6 is 12.2 Å². The van der Waals surface area contributed by atoms with Crippen molar-refractivity contribution in [1.82, 2.24) is 20.4 Å². The Morgan fingerprint density at radius 3 is 3.12 bits per heavy atom. The van der Waals surface area contributed by atoms with Crippen LogP contribution in [0.25, 0.3) is 0 Å². The Balaban J connectivity index is 1.84. The van der Waals surface area contributed by atoms with Gasteiger partial charge in [-0.2, -0.15) is 4.98 Å². The third-order valence-electron chi connectivity index (χ3n) is 2.02. The van der Waals surface area contributed by atoms with Crippen molar-refractivity contribution in [2.75, 3.05) is 0 Å². The van der Waals surface area contributed by atoms with Gasteiger partial charge in [0.25, 0.3) is 0 Å². The third kappa shape index (κ3) is 3.49. The number of nitrogens with one attached hydrogen (secondary N) is 2. The number of rotatable bonds is 4. The van der Waals surface area contributed by atoms with Gasteiger partial charge in [-0.3, -0.25) is 9.78 Å². The fraction of sp³-hybridized carbons (Fsp3) is 0.200. The fourth-order valence-corrected chi connectivity index (χ4v) is 1.40.